The Morgan fingerprint density at radius 3 is 3.00 bits per heavy atom. The average molecular weight is 191 g/mol. The SMILES string of the molecule is CCCCn1nc(CC#N)ccc1=O. The first kappa shape index (κ1) is 10.5. The van der Waals surface area contributed by atoms with Gasteiger partial charge in [0.15, 0.2) is 0 Å². The predicted octanol–water partition coefficient (Wildman–Crippen LogP) is 1.11. The molecule has 0 aliphatic carbocycles. The molecule has 4 nitrogen and oxygen atoms in total. The van der Waals surface area contributed by atoms with Gasteiger partial charge in [-0.15, -0.1) is 0 Å². The Morgan fingerprint density at radius 2 is 2.36 bits per heavy atom. The molecule has 0 N–H and O–H groups in total. The minimum atomic E-state index is -0.0971. The van der Waals surface area contributed by atoms with Gasteiger partial charge in [-0.2, -0.15) is 10.4 Å². The first-order chi connectivity index (χ1) is 6.77. The zero-order chi connectivity index (χ0) is 10.4. The second-order valence-electron chi connectivity index (χ2n) is 3.07. The fraction of sp³-hybridized carbons (Fsp3) is 0.500. The van der Waals surface area contributed by atoms with E-state index in [0.717, 1.165) is 12.8 Å². The molecule has 0 saturated heterocycles. The zero-order valence-corrected chi connectivity index (χ0v) is 8.23. The van der Waals surface area contributed by atoms with Crippen molar-refractivity contribution in [2.45, 2.75) is 32.7 Å². The van der Waals surface area contributed by atoms with Gasteiger partial charge in [0.2, 0.25) is 0 Å². The van der Waals surface area contributed by atoms with Crippen molar-refractivity contribution in [2.24, 2.45) is 0 Å². The Labute approximate surface area is 82.8 Å². The monoisotopic (exact) mass is 191 g/mol. The van der Waals surface area contributed by atoms with Crippen LogP contribution in [0.3, 0.4) is 0 Å². The average Bonchev–Trinajstić information content (AvgIpc) is 2.19. The van der Waals surface area contributed by atoms with E-state index >= 15 is 0 Å². The molecule has 4 heteroatoms. The summed E-state index contributed by atoms with van der Waals surface area (Å²) in [7, 11) is 0. The highest BCUT2D eigenvalue weighted by Gasteiger charge is 1.99. The Hall–Kier alpha value is -1.63. The number of rotatable bonds is 4. The molecule has 0 aliphatic heterocycles. The maximum atomic E-state index is 11.3. The molecule has 0 bridgehead atoms. The summed E-state index contributed by atoms with van der Waals surface area (Å²) in [5, 5.41) is 12.6. The van der Waals surface area contributed by atoms with Crippen molar-refractivity contribution >= 4 is 0 Å². The molecule has 74 valence electrons. The number of nitrogens with zero attached hydrogens (tertiary/aromatic N) is 3. The van der Waals surface area contributed by atoms with E-state index < -0.39 is 0 Å². The van der Waals surface area contributed by atoms with Crippen LogP contribution in [0, 0.1) is 11.3 Å². The largest absolute Gasteiger partial charge is 0.268 e. The first-order valence-corrected chi connectivity index (χ1v) is 4.72. The minimum Gasteiger partial charge on any atom is -0.268 e. The summed E-state index contributed by atoms with van der Waals surface area (Å²) >= 11 is 0. The van der Waals surface area contributed by atoms with Crippen molar-refractivity contribution in [3.8, 4) is 6.07 Å². The summed E-state index contributed by atoms with van der Waals surface area (Å²) in [5.41, 5.74) is 0.559. The molecule has 0 atom stereocenters. The molecular weight excluding hydrogens is 178 g/mol. The molecule has 0 spiro atoms. The Kier molecular flexibility index (Phi) is 3.86. The van der Waals surface area contributed by atoms with E-state index in [0.29, 0.717) is 12.2 Å². The summed E-state index contributed by atoms with van der Waals surface area (Å²) in [6, 6.07) is 5.08. The fourth-order valence-corrected chi connectivity index (χ4v) is 1.13. The molecule has 14 heavy (non-hydrogen) atoms. The van der Waals surface area contributed by atoms with Gasteiger partial charge in [0, 0.05) is 12.6 Å². The molecule has 0 aliphatic rings. The molecule has 1 aromatic rings. The third kappa shape index (κ3) is 2.70. The van der Waals surface area contributed by atoms with Crippen LogP contribution < -0.4 is 5.56 Å². The normalized spacial score (nSPS) is 9.71. The van der Waals surface area contributed by atoms with Gasteiger partial charge in [-0.25, -0.2) is 4.68 Å². The molecule has 0 unspecified atom stereocenters. The topological polar surface area (TPSA) is 58.7 Å². The lowest BCUT2D eigenvalue weighted by Gasteiger charge is -2.03. The number of hydrogen-bond donors (Lipinski definition) is 0. The van der Waals surface area contributed by atoms with Crippen LogP contribution in [0.15, 0.2) is 16.9 Å². The minimum absolute atomic E-state index is 0.0971. The molecular formula is C10H13N3O. The Morgan fingerprint density at radius 1 is 1.57 bits per heavy atom. The maximum absolute atomic E-state index is 11.3. The summed E-state index contributed by atoms with van der Waals surface area (Å²) in [4.78, 5) is 11.3. The van der Waals surface area contributed by atoms with Crippen LogP contribution in [0.4, 0.5) is 0 Å². The highest BCUT2D eigenvalue weighted by Crippen LogP contribution is 1.93. The molecule has 0 aromatic carbocycles. The standard InChI is InChI=1S/C10H13N3O/c1-2-3-8-13-10(14)5-4-9(12-13)6-7-11/h4-5H,2-3,6,8H2,1H3. The number of aryl methyl sites for hydroxylation is 1. The van der Waals surface area contributed by atoms with E-state index in [1.807, 2.05) is 6.07 Å². The lowest BCUT2D eigenvalue weighted by atomic mass is 10.3. The van der Waals surface area contributed by atoms with Gasteiger partial charge in [-0.1, -0.05) is 13.3 Å². The number of unbranched alkanes of at least 4 members (excludes halogenated alkanes) is 1. The van der Waals surface area contributed by atoms with Crippen LogP contribution in [0.2, 0.25) is 0 Å². The quantitative estimate of drug-likeness (QED) is 0.716. The lowest BCUT2D eigenvalue weighted by Crippen LogP contribution is -2.23. The Bertz CT molecular complexity index is 389. The van der Waals surface area contributed by atoms with Crippen LogP contribution in [-0.2, 0) is 13.0 Å². The molecule has 1 heterocycles. The zero-order valence-electron chi connectivity index (χ0n) is 8.23. The van der Waals surface area contributed by atoms with E-state index in [1.54, 1.807) is 6.07 Å². The summed E-state index contributed by atoms with van der Waals surface area (Å²) in [6.07, 6.45) is 2.21. The third-order valence-corrected chi connectivity index (χ3v) is 1.91. The number of nitriles is 1. The predicted molar refractivity (Wildman–Crippen MR) is 52.7 cm³/mol. The van der Waals surface area contributed by atoms with Gasteiger partial charge in [0.1, 0.15) is 0 Å². The van der Waals surface area contributed by atoms with Crippen molar-refractivity contribution < 1.29 is 0 Å². The molecule has 0 fully saturated rings. The van der Waals surface area contributed by atoms with E-state index in [9.17, 15) is 4.79 Å². The molecule has 0 amide bonds. The first-order valence-electron chi connectivity index (χ1n) is 4.72. The van der Waals surface area contributed by atoms with E-state index in [-0.39, 0.29) is 12.0 Å². The van der Waals surface area contributed by atoms with Gasteiger partial charge in [0.05, 0.1) is 18.2 Å². The van der Waals surface area contributed by atoms with E-state index in [4.69, 9.17) is 5.26 Å². The maximum Gasteiger partial charge on any atom is 0.266 e. The summed E-state index contributed by atoms with van der Waals surface area (Å²) < 4.78 is 1.43. The number of hydrogen-bond acceptors (Lipinski definition) is 3. The lowest BCUT2D eigenvalue weighted by molar-refractivity contribution is 0.535. The summed E-state index contributed by atoms with van der Waals surface area (Å²) in [5.74, 6) is 0. The summed E-state index contributed by atoms with van der Waals surface area (Å²) in [6.45, 7) is 2.69. The highest BCUT2D eigenvalue weighted by molar-refractivity contribution is 5.05. The smallest absolute Gasteiger partial charge is 0.266 e. The van der Waals surface area contributed by atoms with Gasteiger partial charge >= 0.3 is 0 Å². The van der Waals surface area contributed by atoms with Gasteiger partial charge in [-0.3, -0.25) is 4.79 Å². The number of aromatic nitrogens is 2. The van der Waals surface area contributed by atoms with Crippen LogP contribution in [-0.4, -0.2) is 9.78 Å². The fourth-order valence-electron chi connectivity index (χ4n) is 1.13. The second kappa shape index (κ2) is 5.18. The van der Waals surface area contributed by atoms with Crippen LogP contribution in [0.25, 0.3) is 0 Å². The second-order valence-corrected chi connectivity index (χ2v) is 3.07. The molecule has 0 radical (unpaired) electrons. The van der Waals surface area contributed by atoms with Crippen molar-refractivity contribution in [3.63, 3.8) is 0 Å². The van der Waals surface area contributed by atoms with E-state index in [2.05, 4.69) is 12.0 Å². The van der Waals surface area contributed by atoms with Crippen LogP contribution in [0.5, 0.6) is 0 Å². The molecule has 1 rings (SSSR count). The van der Waals surface area contributed by atoms with Gasteiger partial charge < -0.3 is 0 Å². The van der Waals surface area contributed by atoms with Crippen molar-refractivity contribution in [1.82, 2.24) is 9.78 Å². The van der Waals surface area contributed by atoms with Gasteiger partial charge in [-0.05, 0) is 12.5 Å². The van der Waals surface area contributed by atoms with Gasteiger partial charge in [0.25, 0.3) is 5.56 Å². The Balaban J connectivity index is 2.86. The highest BCUT2D eigenvalue weighted by atomic mass is 16.1. The van der Waals surface area contributed by atoms with Crippen LogP contribution >= 0.6 is 0 Å². The van der Waals surface area contributed by atoms with Crippen LogP contribution in [0.1, 0.15) is 25.5 Å². The van der Waals surface area contributed by atoms with E-state index in [1.165, 1.54) is 10.7 Å². The van der Waals surface area contributed by atoms with Crippen molar-refractivity contribution in [3.05, 3.63) is 28.2 Å². The van der Waals surface area contributed by atoms with Crippen molar-refractivity contribution in [2.75, 3.05) is 0 Å². The van der Waals surface area contributed by atoms with Crippen molar-refractivity contribution in [1.29, 1.82) is 5.26 Å². The molecule has 0 saturated carbocycles. The molecule has 1 aromatic heterocycles. The third-order valence-electron chi connectivity index (χ3n) is 1.91.